The van der Waals surface area contributed by atoms with Crippen molar-refractivity contribution in [2.24, 2.45) is 0 Å². The minimum atomic E-state index is -3.34. The molecule has 4 fully saturated rings. The Morgan fingerprint density at radius 1 is 0.722 bits per heavy atom. The Morgan fingerprint density at radius 3 is 1.79 bits per heavy atom. The Balaban J connectivity index is 0.945. The summed E-state index contributed by atoms with van der Waals surface area (Å²) < 4.78 is 129. The quantitative estimate of drug-likeness (QED) is 0.114. The Bertz CT molecular complexity index is 3320. The number of amides is 2. The maximum absolute atomic E-state index is 14.3. The number of hydrogen-bond donors (Lipinski definition) is 2. The summed E-state index contributed by atoms with van der Waals surface area (Å²) >= 11 is 0. The summed E-state index contributed by atoms with van der Waals surface area (Å²) in [4.78, 5) is 36.5. The highest BCUT2D eigenvalue weighted by Gasteiger charge is 2.41. The second-order valence-corrected chi connectivity index (χ2v) is 23.8. The van der Waals surface area contributed by atoms with Gasteiger partial charge in [0.25, 0.3) is 11.8 Å². The monoisotopic (exact) mass is 1040 g/mol. The lowest BCUT2D eigenvalue weighted by atomic mass is 9.96. The Morgan fingerprint density at radius 2 is 1.29 bits per heavy atom. The third kappa shape index (κ3) is 10.2. The standard InChI is InChI=1S/C48H50F4N8O10S2/c1-47(12-15-71(63,64)25-47)55-43(61)29-18-35-42(54-22-29)40(58-59(35)31-6-4-14-67-23-31)28-8-10-34(38(20-28)70-46(51)52)37-11-9-32(24-68-37)60-36-19-30(44(62)56-48(2)13-16-72(65,66)26-48)21-53-41(36)39(57-60)27-5-3-7-33(17-27)69-45(49)50/h3,5,7-8,10,17-22,31-32,37,45-46H,4,6,9,11-16,23-26H2,1-2H3,(H,55,61)(H,56,62). The van der Waals surface area contributed by atoms with E-state index in [1.165, 1.54) is 36.7 Å². The number of rotatable bonds is 13. The van der Waals surface area contributed by atoms with Crippen LogP contribution in [-0.4, -0.2) is 125 Å². The molecule has 4 aliphatic rings. The van der Waals surface area contributed by atoms with Crippen LogP contribution in [0.5, 0.6) is 11.5 Å². The van der Waals surface area contributed by atoms with E-state index in [9.17, 15) is 44.0 Å². The zero-order valence-electron chi connectivity index (χ0n) is 39.0. The van der Waals surface area contributed by atoms with Gasteiger partial charge in [-0.1, -0.05) is 24.3 Å². The van der Waals surface area contributed by atoms with Crippen LogP contribution in [0.15, 0.2) is 67.0 Å². The maximum atomic E-state index is 14.3. The molecule has 0 aliphatic carbocycles. The minimum absolute atomic E-state index is 0.00490. The SMILES string of the molecule is CC1(NC(=O)c2cnc3c(-c4ccc(C5CCC(n6nc(-c7cccc(OC(F)F)c7)c7ncc(C(=O)NC8(C)CCS(=O)(=O)C8)cc76)CO5)c(OC(F)F)c4)nn(C4CCCOC4)c3c2)CCS(=O)(=O)C1. The molecule has 10 rings (SSSR count). The van der Waals surface area contributed by atoms with Gasteiger partial charge in [-0.25, -0.2) is 16.8 Å². The summed E-state index contributed by atoms with van der Waals surface area (Å²) in [6, 6.07) is 13.2. The van der Waals surface area contributed by atoms with Gasteiger partial charge in [0, 0.05) is 35.7 Å². The van der Waals surface area contributed by atoms with Gasteiger partial charge in [-0.2, -0.15) is 27.8 Å². The number of carbonyl (C=O) groups is 2. The van der Waals surface area contributed by atoms with Crippen molar-refractivity contribution in [3.63, 3.8) is 0 Å². The summed E-state index contributed by atoms with van der Waals surface area (Å²) in [7, 11) is -6.64. The Labute approximate surface area is 410 Å². The highest BCUT2D eigenvalue weighted by Crippen LogP contribution is 2.42. The number of nitrogens with zero attached hydrogens (tertiary/aromatic N) is 6. The van der Waals surface area contributed by atoms with E-state index in [2.05, 4.69) is 25.3 Å². The van der Waals surface area contributed by atoms with Crippen molar-refractivity contribution >= 4 is 53.6 Å². The normalized spacial score (nSPS) is 25.0. The lowest BCUT2D eigenvalue weighted by Crippen LogP contribution is -2.47. The van der Waals surface area contributed by atoms with Gasteiger partial charge >= 0.3 is 13.2 Å². The minimum Gasteiger partial charge on any atom is -0.435 e. The van der Waals surface area contributed by atoms with Crippen LogP contribution < -0.4 is 20.1 Å². The fourth-order valence-corrected chi connectivity index (χ4v) is 14.4. The van der Waals surface area contributed by atoms with E-state index in [1.807, 2.05) is 0 Å². The predicted molar refractivity (Wildman–Crippen MR) is 254 cm³/mol. The van der Waals surface area contributed by atoms with Gasteiger partial charge < -0.3 is 29.6 Å². The molecule has 72 heavy (non-hydrogen) atoms. The molecule has 382 valence electrons. The summed E-state index contributed by atoms with van der Waals surface area (Å²) in [5.41, 5.74) is 1.72. The molecular weight excluding hydrogens is 989 g/mol. The van der Waals surface area contributed by atoms with Crippen LogP contribution in [0.1, 0.15) is 96.8 Å². The Hall–Kier alpha value is -6.24. The van der Waals surface area contributed by atoms with Crippen molar-refractivity contribution < 1.29 is 62.9 Å². The number of pyridine rings is 2. The molecule has 0 bridgehead atoms. The molecule has 4 aromatic heterocycles. The number of ether oxygens (including phenoxy) is 4. The first kappa shape index (κ1) is 49.3. The first-order chi connectivity index (χ1) is 34.2. The average molecular weight is 1040 g/mol. The highest BCUT2D eigenvalue weighted by molar-refractivity contribution is 7.92. The summed E-state index contributed by atoms with van der Waals surface area (Å²) in [6.45, 7) is -2.03. The van der Waals surface area contributed by atoms with Gasteiger partial charge in [0.2, 0.25) is 0 Å². The summed E-state index contributed by atoms with van der Waals surface area (Å²) in [6.07, 6.45) is 4.60. The molecule has 24 heteroatoms. The molecule has 5 atom stereocenters. The van der Waals surface area contributed by atoms with Crippen LogP contribution in [0.4, 0.5) is 17.6 Å². The van der Waals surface area contributed by atoms with Crippen molar-refractivity contribution in [3.05, 3.63) is 83.7 Å². The third-order valence-electron chi connectivity index (χ3n) is 13.7. The molecule has 2 N–H and O–H groups in total. The van der Waals surface area contributed by atoms with E-state index < -0.39 is 67.9 Å². The number of nitrogens with one attached hydrogen (secondary N) is 2. The van der Waals surface area contributed by atoms with Crippen molar-refractivity contribution in [2.75, 3.05) is 42.8 Å². The van der Waals surface area contributed by atoms with Gasteiger partial charge in [0.15, 0.2) is 19.7 Å². The predicted octanol–water partition coefficient (Wildman–Crippen LogP) is 6.77. The fraction of sp³-hybridized carbons (Fsp3) is 0.458. The van der Waals surface area contributed by atoms with E-state index >= 15 is 0 Å². The summed E-state index contributed by atoms with van der Waals surface area (Å²) in [5, 5.41) is 15.5. The number of alkyl halides is 4. The molecule has 2 amide bonds. The highest BCUT2D eigenvalue weighted by atomic mass is 32.2. The smallest absolute Gasteiger partial charge is 0.387 e. The van der Waals surface area contributed by atoms with Gasteiger partial charge in [0.1, 0.15) is 33.9 Å². The van der Waals surface area contributed by atoms with E-state index in [4.69, 9.17) is 24.4 Å². The topological polar surface area (TPSA) is 225 Å². The van der Waals surface area contributed by atoms with Crippen LogP contribution in [0, 0.1) is 0 Å². The number of sulfone groups is 2. The molecular formula is C48H50F4N8O10S2. The van der Waals surface area contributed by atoms with E-state index in [1.54, 1.807) is 53.5 Å². The molecule has 8 heterocycles. The molecule has 4 saturated heterocycles. The maximum Gasteiger partial charge on any atom is 0.387 e. The molecule has 6 aromatic rings. The fourth-order valence-electron chi connectivity index (χ4n) is 10.2. The van der Waals surface area contributed by atoms with Crippen LogP contribution in [0.3, 0.4) is 0 Å². The van der Waals surface area contributed by atoms with Crippen LogP contribution >= 0.6 is 0 Å². The van der Waals surface area contributed by atoms with Crippen molar-refractivity contribution in [1.82, 2.24) is 40.2 Å². The third-order valence-corrected chi connectivity index (χ3v) is 17.5. The number of halogens is 4. The zero-order valence-corrected chi connectivity index (χ0v) is 40.7. The number of aromatic nitrogens is 6. The van der Waals surface area contributed by atoms with Gasteiger partial charge in [0.05, 0.1) is 87.7 Å². The van der Waals surface area contributed by atoms with Crippen LogP contribution in [0.25, 0.3) is 44.6 Å². The van der Waals surface area contributed by atoms with Gasteiger partial charge in [-0.3, -0.25) is 28.9 Å². The van der Waals surface area contributed by atoms with Crippen molar-refractivity contribution in [1.29, 1.82) is 0 Å². The molecule has 5 unspecified atom stereocenters. The van der Waals surface area contributed by atoms with Crippen LogP contribution in [0.2, 0.25) is 0 Å². The van der Waals surface area contributed by atoms with Crippen LogP contribution in [-0.2, 0) is 29.1 Å². The molecule has 4 aliphatic heterocycles. The largest absolute Gasteiger partial charge is 0.435 e. The molecule has 0 radical (unpaired) electrons. The molecule has 2 aromatic carbocycles. The van der Waals surface area contributed by atoms with E-state index in [0.717, 1.165) is 6.42 Å². The van der Waals surface area contributed by atoms with E-state index in [0.29, 0.717) is 76.2 Å². The number of carbonyl (C=O) groups excluding carboxylic acids is 2. The number of fused-ring (bicyclic) bond motifs is 2. The van der Waals surface area contributed by atoms with Gasteiger partial charge in [-0.15, -0.1) is 0 Å². The number of hydrogen-bond acceptors (Lipinski definition) is 14. The van der Waals surface area contributed by atoms with Crippen molar-refractivity contribution in [3.8, 4) is 34.0 Å². The summed E-state index contributed by atoms with van der Waals surface area (Å²) in [5.74, 6) is -1.82. The van der Waals surface area contributed by atoms with Crippen molar-refractivity contribution in [2.45, 2.75) is 94.9 Å². The number of benzene rings is 2. The first-order valence-corrected chi connectivity index (χ1v) is 27.0. The zero-order chi connectivity index (χ0) is 50.7. The van der Waals surface area contributed by atoms with Gasteiger partial charge in [-0.05, 0) is 82.7 Å². The lowest BCUT2D eigenvalue weighted by Gasteiger charge is -2.31. The Kier molecular flexibility index (Phi) is 13.0. The second-order valence-electron chi connectivity index (χ2n) is 19.4. The molecule has 0 spiro atoms. The average Bonchev–Trinajstić information content (AvgIpc) is 4.07. The second kappa shape index (κ2) is 19.0. The molecule has 0 saturated carbocycles. The first-order valence-electron chi connectivity index (χ1n) is 23.4. The lowest BCUT2D eigenvalue weighted by molar-refractivity contribution is -0.0560. The molecule has 18 nitrogen and oxygen atoms in total. The van der Waals surface area contributed by atoms with E-state index in [-0.39, 0.29) is 77.5 Å².